The summed E-state index contributed by atoms with van der Waals surface area (Å²) in [5.41, 5.74) is -0.452. The van der Waals surface area contributed by atoms with Crippen molar-refractivity contribution in [1.82, 2.24) is 14.9 Å². The molecule has 0 saturated carbocycles. The van der Waals surface area contributed by atoms with E-state index in [9.17, 15) is 22.4 Å². The van der Waals surface area contributed by atoms with Gasteiger partial charge in [0.2, 0.25) is 21.8 Å². The van der Waals surface area contributed by atoms with Crippen molar-refractivity contribution in [3.8, 4) is 0 Å². The number of carbonyl (C=O) groups excluding carboxylic acids is 2. The molecule has 2 rings (SSSR count). The molecule has 0 radical (unpaired) electrons. The van der Waals surface area contributed by atoms with Crippen LogP contribution < -0.4 is 10.0 Å². The number of nitrogens with one attached hydrogen (secondary N) is 2. The van der Waals surface area contributed by atoms with E-state index in [2.05, 4.69) is 10.0 Å². The summed E-state index contributed by atoms with van der Waals surface area (Å²) in [7, 11) is -4.03. The third kappa shape index (κ3) is 7.62. The van der Waals surface area contributed by atoms with Crippen LogP contribution in [0.3, 0.4) is 0 Å². The molecule has 0 unspecified atom stereocenters. The van der Waals surface area contributed by atoms with Crippen LogP contribution in [0.15, 0.2) is 46.7 Å². The third-order valence-corrected chi connectivity index (χ3v) is 7.62. The van der Waals surface area contributed by atoms with Crippen molar-refractivity contribution in [3.63, 3.8) is 0 Å². The molecule has 1 atom stereocenters. The Morgan fingerprint density at radius 3 is 2.30 bits per heavy atom. The SMILES string of the molecule is CCC(C)(C)NC(=O)[C@@H](C(C)C)N(Cc1cccs1)C(=O)CNS(=O)(=O)c1ccc(F)cc1. The fourth-order valence-corrected chi connectivity index (χ4v) is 4.84. The molecule has 182 valence electrons. The highest BCUT2D eigenvalue weighted by Gasteiger charge is 2.35. The van der Waals surface area contributed by atoms with Gasteiger partial charge in [-0.15, -0.1) is 11.3 Å². The number of rotatable bonds is 11. The number of benzene rings is 1. The predicted octanol–water partition coefficient (Wildman–Crippen LogP) is 3.52. The lowest BCUT2D eigenvalue weighted by Crippen LogP contribution is -2.57. The second-order valence-electron chi connectivity index (χ2n) is 8.80. The first-order chi connectivity index (χ1) is 15.4. The summed E-state index contributed by atoms with van der Waals surface area (Å²) in [6.45, 7) is 9.12. The van der Waals surface area contributed by atoms with Crippen LogP contribution in [0.1, 0.15) is 45.9 Å². The van der Waals surface area contributed by atoms with Gasteiger partial charge in [0.15, 0.2) is 0 Å². The molecule has 0 aliphatic carbocycles. The molecule has 0 aliphatic rings. The standard InChI is InChI=1S/C23H32FN3O4S2/c1-6-23(4,5)26-22(29)21(16(2)3)27(15-18-8-7-13-32-18)20(28)14-25-33(30,31)19-11-9-17(24)10-12-19/h7-13,16,21,25H,6,14-15H2,1-5H3,(H,26,29)/t21-/m1/s1. The molecule has 2 amide bonds. The molecule has 0 spiro atoms. The van der Waals surface area contributed by atoms with Crippen molar-refractivity contribution in [2.45, 2.75) is 64.1 Å². The van der Waals surface area contributed by atoms with Gasteiger partial charge in [0.25, 0.3) is 0 Å². The van der Waals surface area contributed by atoms with Crippen LogP contribution >= 0.6 is 11.3 Å². The van der Waals surface area contributed by atoms with E-state index in [1.165, 1.54) is 16.2 Å². The van der Waals surface area contributed by atoms with Gasteiger partial charge in [0.1, 0.15) is 11.9 Å². The quantitative estimate of drug-likeness (QED) is 0.497. The van der Waals surface area contributed by atoms with Crippen molar-refractivity contribution >= 4 is 33.2 Å². The van der Waals surface area contributed by atoms with Crippen molar-refractivity contribution in [1.29, 1.82) is 0 Å². The van der Waals surface area contributed by atoms with Crippen molar-refractivity contribution in [3.05, 3.63) is 52.5 Å². The van der Waals surface area contributed by atoms with E-state index in [1.807, 2.05) is 52.1 Å². The molecule has 2 aromatic rings. The highest BCUT2D eigenvalue weighted by atomic mass is 32.2. The molecule has 1 aromatic carbocycles. The van der Waals surface area contributed by atoms with E-state index in [1.54, 1.807) is 0 Å². The molecule has 1 aromatic heterocycles. The first-order valence-electron chi connectivity index (χ1n) is 10.8. The molecule has 0 bridgehead atoms. The lowest BCUT2D eigenvalue weighted by molar-refractivity contribution is -0.142. The van der Waals surface area contributed by atoms with Crippen LogP contribution in [-0.4, -0.2) is 43.3 Å². The minimum atomic E-state index is -4.03. The first-order valence-corrected chi connectivity index (χ1v) is 13.1. The van der Waals surface area contributed by atoms with Gasteiger partial charge in [-0.25, -0.2) is 17.5 Å². The first kappa shape index (κ1) is 26.9. The lowest BCUT2D eigenvalue weighted by atomic mass is 9.97. The van der Waals surface area contributed by atoms with E-state index in [0.717, 1.165) is 29.1 Å². The molecule has 33 heavy (non-hydrogen) atoms. The Hall–Kier alpha value is -2.30. The molecular formula is C23H32FN3O4S2. The highest BCUT2D eigenvalue weighted by molar-refractivity contribution is 7.89. The maximum atomic E-state index is 13.3. The molecule has 1 heterocycles. The number of amides is 2. The number of halogens is 1. The van der Waals surface area contributed by atoms with Crippen molar-refractivity contribution < 1.29 is 22.4 Å². The van der Waals surface area contributed by atoms with Gasteiger partial charge in [-0.3, -0.25) is 9.59 Å². The van der Waals surface area contributed by atoms with Gasteiger partial charge in [0, 0.05) is 10.4 Å². The fourth-order valence-electron chi connectivity index (χ4n) is 3.17. The van der Waals surface area contributed by atoms with Crippen LogP contribution in [0.5, 0.6) is 0 Å². The minimum absolute atomic E-state index is 0.149. The predicted molar refractivity (Wildman–Crippen MR) is 128 cm³/mol. The average Bonchev–Trinajstić information content (AvgIpc) is 3.24. The number of hydrogen-bond donors (Lipinski definition) is 2. The summed E-state index contributed by atoms with van der Waals surface area (Å²) in [4.78, 5) is 28.6. The van der Waals surface area contributed by atoms with Gasteiger partial charge in [-0.05, 0) is 61.9 Å². The zero-order valence-corrected chi connectivity index (χ0v) is 21.2. The van der Waals surface area contributed by atoms with Gasteiger partial charge in [-0.1, -0.05) is 26.8 Å². The van der Waals surface area contributed by atoms with E-state index in [0.29, 0.717) is 6.42 Å². The monoisotopic (exact) mass is 497 g/mol. The van der Waals surface area contributed by atoms with Gasteiger partial charge in [-0.2, -0.15) is 0 Å². The number of carbonyl (C=O) groups is 2. The summed E-state index contributed by atoms with van der Waals surface area (Å²) >= 11 is 1.45. The smallest absolute Gasteiger partial charge is 0.243 e. The van der Waals surface area contributed by atoms with E-state index >= 15 is 0 Å². The Balaban J connectivity index is 2.28. The molecule has 10 heteroatoms. The zero-order valence-electron chi connectivity index (χ0n) is 19.6. The Morgan fingerprint density at radius 2 is 1.79 bits per heavy atom. The maximum absolute atomic E-state index is 13.3. The Bertz CT molecular complexity index is 1040. The average molecular weight is 498 g/mol. The highest BCUT2D eigenvalue weighted by Crippen LogP contribution is 2.20. The summed E-state index contributed by atoms with van der Waals surface area (Å²) in [5, 5.41) is 4.88. The normalized spacial score (nSPS) is 13.1. The Morgan fingerprint density at radius 1 is 1.15 bits per heavy atom. The molecular weight excluding hydrogens is 465 g/mol. The number of nitrogens with zero attached hydrogens (tertiary/aromatic N) is 1. The molecule has 0 aliphatic heterocycles. The maximum Gasteiger partial charge on any atom is 0.243 e. The molecule has 0 fully saturated rings. The van der Waals surface area contributed by atoms with E-state index in [4.69, 9.17) is 0 Å². The zero-order chi connectivity index (χ0) is 24.8. The van der Waals surface area contributed by atoms with Crippen molar-refractivity contribution in [2.24, 2.45) is 5.92 Å². The molecule has 0 saturated heterocycles. The molecule has 7 nitrogen and oxygen atoms in total. The summed E-state index contributed by atoms with van der Waals surface area (Å²) < 4.78 is 40.6. The van der Waals surface area contributed by atoms with Crippen molar-refractivity contribution in [2.75, 3.05) is 6.54 Å². The van der Waals surface area contributed by atoms with Crippen LogP contribution in [0.25, 0.3) is 0 Å². The Labute approximate surface area is 199 Å². The summed E-state index contributed by atoms with van der Waals surface area (Å²) in [5.74, 6) is -1.59. The van der Waals surface area contributed by atoms with Crippen LogP contribution in [0.4, 0.5) is 4.39 Å². The van der Waals surface area contributed by atoms with E-state index in [-0.39, 0.29) is 23.3 Å². The number of hydrogen-bond acceptors (Lipinski definition) is 5. The fraction of sp³-hybridized carbons (Fsp3) is 0.478. The van der Waals surface area contributed by atoms with E-state index < -0.39 is 39.9 Å². The minimum Gasteiger partial charge on any atom is -0.349 e. The van der Waals surface area contributed by atoms with Crippen LogP contribution in [0, 0.1) is 11.7 Å². The van der Waals surface area contributed by atoms with Crippen LogP contribution in [0.2, 0.25) is 0 Å². The number of sulfonamides is 1. The lowest BCUT2D eigenvalue weighted by Gasteiger charge is -2.36. The summed E-state index contributed by atoms with van der Waals surface area (Å²) in [6.07, 6.45) is 0.708. The van der Waals surface area contributed by atoms with Gasteiger partial charge < -0.3 is 10.2 Å². The largest absolute Gasteiger partial charge is 0.349 e. The van der Waals surface area contributed by atoms with Crippen LogP contribution in [-0.2, 0) is 26.2 Å². The summed E-state index contributed by atoms with van der Waals surface area (Å²) in [6, 6.07) is 7.25. The van der Waals surface area contributed by atoms with Gasteiger partial charge >= 0.3 is 0 Å². The third-order valence-electron chi connectivity index (χ3n) is 5.35. The van der Waals surface area contributed by atoms with Gasteiger partial charge in [0.05, 0.1) is 18.0 Å². The Kier molecular flexibility index (Phi) is 9.16. The number of thiophene rings is 1. The second-order valence-corrected chi connectivity index (χ2v) is 11.6. The molecule has 2 N–H and O–H groups in total. The second kappa shape index (κ2) is 11.2. The topological polar surface area (TPSA) is 95.6 Å².